The van der Waals surface area contributed by atoms with E-state index in [4.69, 9.17) is 9.72 Å². The van der Waals surface area contributed by atoms with E-state index in [2.05, 4.69) is 33.8 Å². The number of aromatic nitrogens is 3. The van der Waals surface area contributed by atoms with E-state index >= 15 is 0 Å². The predicted octanol–water partition coefficient (Wildman–Crippen LogP) is 3.72. The third-order valence-electron chi connectivity index (χ3n) is 4.18. The molecule has 0 spiro atoms. The number of hydrogen-bond donors (Lipinski definition) is 0. The van der Waals surface area contributed by atoms with Crippen molar-refractivity contribution >= 4 is 11.2 Å². The fourth-order valence-electron chi connectivity index (χ4n) is 3.09. The van der Waals surface area contributed by atoms with Crippen molar-refractivity contribution in [1.82, 2.24) is 14.5 Å². The van der Waals surface area contributed by atoms with Crippen LogP contribution in [0.4, 0.5) is 0 Å². The molecule has 22 heavy (non-hydrogen) atoms. The van der Waals surface area contributed by atoms with Crippen LogP contribution in [-0.2, 0) is 11.3 Å². The molecule has 3 aromatic rings. The highest BCUT2D eigenvalue weighted by atomic mass is 16.5. The molecule has 1 unspecified atom stereocenters. The van der Waals surface area contributed by atoms with E-state index < -0.39 is 0 Å². The standard InChI is InChI=1S/C18H19N3O/c1-2-7-14(8-3-1)13-21-17-15(9-6-11-19-17)20-18(21)16-10-4-5-12-22-16/h1-3,6-9,11,16H,4-5,10,12-13H2. The van der Waals surface area contributed by atoms with Crippen LogP contribution in [0.15, 0.2) is 48.7 Å². The summed E-state index contributed by atoms with van der Waals surface area (Å²) in [6.07, 6.45) is 5.31. The zero-order valence-electron chi connectivity index (χ0n) is 12.5. The normalized spacial score (nSPS) is 18.6. The summed E-state index contributed by atoms with van der Waals surface area (Å²) < 4.78 is 8.17. The molecule has 2 aromatic heterocycles. The molecule has 1 aliphatic heterocycles. The second kappa shape index (κ2) is 5.89. The van der Waals surface area contributed by atoms with Crippen LogP contribution in [0.2, 0.25) is 0 Å². The summed E-state index contributed by atoms with van der Waals surface area (Å²) in [4.78, 5) is 9.35. The topological polar surface area (TPSA) is 39.9 Å². The minimum absolute atomic E-state index is 0.0895. The fourth-order valence-corrected chi connectivity index (χ4v) is 3.09. The average molecular weight is 293 g/mol. The molecule has 3 heterocycles. The van der Waals surface area contributed by atoms with Gasteiger partial charge in [-0.15, -0.1) is 0 Å². The van der Waals surface area contributed by atoms with Crippen LogP contribution >= 0.6 is 0 Å². The molecule has 1 fully saturated rings. The Labute approximate surface area is 129 Å². The molecule has 4 heteroatoms. The van der Waals surface area contributed by atoms with Crippen LogP contribution in [-0.4, -0.2) is 21.1 Å². The van der Waals surface area contributed by atoms with E-state index in [1.54, 1.807) is 0 Å². The van der Waals surface area contributed by atoms with Gasteiger partial charge in [0.2, 0.25) is 0 Å². The monoisotopic (exact) mass is 293 g/mol. The summed E-state index contributed by atoms with van der Waals surface area (Å²) in [7, 11) is 0. The summed E-state index contributed by atoms with van der Waals surface area (Å²) in [5, 5.41) is 0. The van der Waals surface area contributed by atoms with Gasteiger partial charge in [0.05, 0.1) is 6.54 Å². The van der Waals surface area contributed by atoms with Crippen LogP contribution in [0, 0.1) is 0 Å². The first-order valence-corrected chi connectivity index (χ1v) is 7.88. The van der Waals surface area contributed by atoms with Gasteiger partial charge in [-0.1, -0.05) is 30.3 Å². The van der Waals surface area contributed by atoms with Gasteiger partial charge in [-0.05, 0) is 37.0 Å². The van der Waals surface area contributed by atoms with Crippen LogP contribution in [0.5, 0.6) is 0 Å². The smallest absolute Gasteiger partial charge is 0.160 e. The molecule has 112 valence electrons. The molecule has 1 aromatic carbocycles. The first-order valence-electron chi connectivity index (χ1n) is 7.88. The summed E-state index contributed by atoms with van der Waals surface area (Å²) in [6, 6.07) is 14.4. The number of imidazole rings is 1. The summed E-state index contributed by atoms with van der Waals surface area (Å²) in [6.45, 7) is 1.61. The summed E-state index contributed by atoms with van der Waals surface area (Å²) in [5.41, 5.74) is 3.14. The van der Waals surface area contributed by atoms with Gasteiger partial charge in [0, 0.05) is 12.8 Å². The minimum Gasteiger partial charge on any atom is -0.370 e. The van der Waals surface area contributed by atoms with E-state index in [1.807, 2.05) is 24.4 Å². The highest BCUT2D eigenvalue weighted by molar-refractivity contribution is 5.71. The fraction of sp³-hybridized carbons (Fsp3) is 0.333. The van der Waals surface area contributed by atoms with Crippen LogP contribution in [0.25, 0.3) is 11.2 Å². The van der Waals surface area contributed by atoms with E-state index in [0.29, 0.717) is 0 Å². The van der Waals surface area contributed by atoms with E-state index in [-0.39, 0.29) is 6.10 Å². The van der Waals surface area contributed by atoms with Crippen molar-refractivity contribution < 1.29 is 4.74 Å². The lowest BCUT2D eigenvalue weighted by molar-refractivity contribution is 0.00783. The van der Waals surface area contributed by atoms with Gasteiger partial charge >= 0.3 is 0 Å². The molecule has 1 saturated heterocycles. The predicted molar refractivity (Wildman–Crippen MR) is 85.6 cm³/mol. The zero-order chi connectivity index (χ0) is 14.8. The van der Waals surface area contributed by atoms with Crippen molar-refractivity contribution in [3.8, 4) is 0 Å². The molecule has 0 saturated carbocycles. The molecule has 0 bridgehead atoms. The van der Waals surface area contributed by atoms with Crippen molar-refractivity contribution in [2.24, 2.45) is 0 Å². The molecule has 1 aliphatic rings. The molecular formula is C18H19N3O. The van der Waals surface area contributed by atoms with Crippen molar-refractivity contribution in [2.45, 2.75) is 31.9 Å². The molecule has 0 N–H and O–H groups in total. The Morgan fingerprint density at radius 3 is 2.82 bits per heavy atom. The lowest BCUT2D eigenvalue weighted by Crippen LogP contribution is -2.17. The van der Waals surface area contributed by atoms with Crippen LogP contribution < -0.4 is 0 Å². The molecule has 0 amide bonds. The molecule has 0 radical (unpaired) electrons. The Morgan fingerprint density at radius 1 is 1.09 bits per heavy atom. The van der Waals surface area contributed by atoms with E-state index in [0.717, 1.165) is 43.0 Å². The zero-order valence-corrected chi connectivity index (χ0v) is 12.5. The third kappa shape index (κ3) is 2.50. The van der Waals surface area contributed by atoms with Crippen molar-refractivity contribution in [2.75, 3.05) is 6.61 Å². The number of nitrogens with zero attached hydrogens (tertiary/aromatic N) is 3. The maximum Gasteiger partial charge on any atom is 0.160 e. The van der Waals surface area contributed by atoms with Crippen LogP contribution in [0.1, 0.15) is 36.8 Å². The molecule has 4 nitrogen and oxygen atoms in total. The van der Waals surface area contributed by atoms with Gasteiger partial charge in [-0.3, -0.25) is 0 Å². The molecular weight excluding hydrogens is 274 g/mol. The van der Waals surface area contributed by atoms with Gasteiger partial charge < -0.3 is 9.30 Å². The summed E-state index contributed by atoms with van der Waals surface area (Å²) >= 11 is 0. The van der Waals surface area contributed by atoms with Gasteiger partial charge in [0.15, 0.2) is 5.65 Å². The Morgan fingerprint density at radius 2 is 2.00 bits per heavy atom. The summed E-state index contributed by atoms with van der Waals surface area (Å²) in [5.74, 6) is 1.01. The number of ether oxygens (including phenoxy) is 1. The van der Waals surface area contributed by atoms with Gasteiger partial charge in [0.25, 0.3) is 0 Å². The second-order valence-corrected chi connectivity index (χ2v) is 5.74. The van der Waals surface area contributed by atoms with E-state index in [1.165, 1.54) is 12.0 Å². The van der Waals surface area contributed by atoms with Crippen molar-refractivity contribution in [3.63, 3.8) is 0 Å². The average Bonchev–Trinajstić information content (AvgIpc) is 2.95. The minimum atomic E-state index is 0.0895. The first kappa shape index (κ1) is 13.5. The molecule has 4 rings (SSSR count). The molecule has 0 aliphatic carbocycles. The Bertz CT molecular complexity index is 760. The third-order valence-corrected chi connectivity index (χ3v) is 4.18. The lowest BCUT2D eigenvalue weighted by Gasteiger charge is -2.23. The lowest BCUT2D eigenvalue weighted by atomic mass is 10.1. The number of rotatable bonds is 3. The quantitative estimate of drug-likeness (QED) is 0.739. The van der Waals surface area contributed by atoms with E-state index in [9.17, 15) is 0 Å². The highest BCUT2D eigenvalue weighted by Crippen LogP contribution is 2.29. The highest BCUT2D eigenvalue weighted by Gasteiger charge is 2.23. The van der Waals surface area contributed by atoms with Gasteiger partial charge in [-0.2, -0.15) is 0 Å². The number of pyridine rings is 1. The second-order valence-electron chi connectivity index (χ2n) is 5.74. The van der Waals surface area contributed by atoms with Gasteiger partial charge in [-0.25, -0.2) is 9.97 Å². The van der Waals surface area contributed by atoms with Crippen molar-refractivity contribution in [1.29, 1.82) is 0 Å². The number of fused-ring (bicyclic) bond motifs is 1. The van der Waals surface area contributed by atoms with Crippen molar-refractivity contribution in [3.05, 3.63) is 60.0 Å². The van der Waals surface area contributed by atoms with Gasteiger partial charge in [0.1, 0.15) is 17.4 Å². The molecule has 1 atom stereocenters. The SMILES string of the molecule is c1ccc(Cn2c(C3CCCCO3)nc3cccnc32)cc1. The Hall–Kier alpha value is -2.20. The Balaban J connectivity index is 1.79. The maximum atomic E-state index is 5.96. The first-order chi connectivity index (χ1) is 10.9. The number of benzene rings is 1. The number of hydrogen-bond acceptors (Lipinski definition) is 3. The maximum absolute atomic E-state index is 5.96. The van der Waals surface area contributed by atoms with Crippen LogP contribution in [0.3, 0.4) is 0 Å². The largest absolute Gasteiger partial charge is 0.370 e. The Kier molecular flexibility index (Phi) is 3.60.